The van der Waals surface area contributed by atoms with E-state index in [2.05, 4.69) is 15.9 Å². The highest BCUT2D eigenvalue weighted by molar-refractivity contribution is 9.10. The first-order valence-electron chi connectivity index (χ1n) is 4.65. The number of hydrogen-bond donors (Lipinski definition) is 0. The Morgan fingerprint density at radius 1 is 1.25 bits per heavy atom. The lowest BCUT2D eigenvalue weighted by Crippen LogP contribution is -1.97. The minimum atomic E-state index is -0.322. The Morgan fingerprint density at radius 2 is 2.00 bits per heavy atom. The van der Waals surface area contributed by atoms with Gasteiger partial charge in [-0.05, 0) is 18.4 Å². The van der Waals surface area contributed by atoms with Crippen LogP contribution in [0.1, 0.15) is 0 Å². The van der Waals surface area contributed by atoms with Crippen LogP contribution in [-0.2, 0) is 0 Å². The monoisotopic (exact) mass is 296 g/mol. The van der Waals surface area contributed by atoms with Gasteiger partial charge in [-0.15, -0.1) is 11.8 Å². The number of thioether (sulfide) groups is 1. The van der Waals surface area contributed by atoms with Crippen molar-refractivity contribution in [3.05, 3.63) is 51.3 Å². The molecular formula is C12H9BrO2S. The average Bonchev–Trinajstić information content (AvgIpc) is 2.28. The van der Waals surface area contributed by atoms with Crippen molar-refractivity contribution in [2.45, 2.75) is 4.90 Å². The fourth-order valence-electron chi connectivity index (χ4n) is 1.37. The zero-order valence-electron chi connectivity index (χ0n) is 8.57. The lowest BCUT2D eigenvalue weighted by atomic mass is 10.2. The molecule has 0 fully saturated rings. The fraction of sp³-hybridized carbons (Fsp3) is 0.0833. The maximum atomic E-state index is 11.4. The van der Waals surface area contributed by atoms with Gasteiger partial charge in [-0.3, -0.25) is 0 Å². The Bertz CT molecular complexity index is 563. The highest BCUT2D eigenvalue weighted by Crippen LogP contribution is 2.28. The van der Waals surface area contributed by atoms with Gasteiger partial charge in [-0.2, -0.15) is 0 Å². The Hall–Kier alpha value is -1.00. The lowest BCUT2D eigenvalue weighted by molar-refractivity contribution is 0.521. The molecule has 0 saturated carbocycles. The predicted molar refractivity (Wildman–Crippen MR) is 69.9 cm³/mol. The van der Waals surface area contributed by atoms with Gasteiger partial charge in [0.1, 0.15) is 5.76 Å². The molecule has 0 amide bonds. The molecule has 0 atom stereocenters. The van der Waals surface area contributed by atoms with E-state index in [0.717, 1.165) is 14.9 Å². The number of benzene rings is 1. The first kappa shape index (κ1) is 11.5. The van der Waals surface area contributed by atoms with E-state index < -0.39 is 0 Å². The zero-order valence-corrected chi connectivity index (χ0v) is 11.0. The van der Waals surface area contributed by atoms with Crippen molar-refractivity contribution in [2.24, 2.45) is 0 Å². The van der Waals surface area contributed by atoms with Crippen molar-refractivity contribution in [3.8, 4) is 11.3 Å². The molecule has 2 nitrogen and oxygen atoms in total. The summed E-state index contributed by atoms with van der Waals surface area (Å²) in [7, 11) is 0. The third-order valence-corrected chi connectivity index (χ3v) is 3.52. The molecule has 0 bridgehead atoms. The van der Waals surface area contributed by atoms with E-state index >= 15 is 0 Å². The van der Waals surface area contributed by atoms with Gasteiger partial charge in [0, 0.05) is 21.0 Å². The van der Waals surface area contributed by atoms with E-state index in [0.29, 0.717) is 5.76 Å². The topological polar surface area (TPSA) is 30.2 Å². The van der Waals surface area contributed by atoms with Crippen molar-refractivity contribution in [1.82, 2.24) is 0 Å². The summed E-state index contributed by atoms with van der Waals surface area (Å²) in [6, 6.07) is 11.0. The molecule has 2 aromatic rings. The molecule has 16 heavy (non-hydrogen) atoms. The molecule has 1 heterocycles. The normalized spacial score (nSPS) is 10.4. The fourth-order valence-corrected chi connectivity index (χ4v) is 2.29. The second kappa shape index (κ2) is 4.89. The van der Waals surface area contributed by atoms with Gasteiger partial charge in [0.2, 0.25) is 0 Å². The van der Waals surface area contributed by atoms with Gasteiger partial charge in [-0.1, -0.05) is 34.1 Å². The van der Waals surface area contributed by atoms with E-state index in [-0.39, 0.29) is 5.63 Å². The zero-order chi connectivity index (χ0) is 11.5. The molecule has 0 aliphatic rings. The quantitative estimate of drug-likeness (QED) is 0.790. The molecule has 0 unspecified atom stereocenters. The lowest BCUT2D eigenvalue weighted by Gasteiger charge is -2.03. The molecule has 0 aliphatic carbocycles. The van der Waals surface area contributed by atoms with Gasteiger partial charge in [0.15, 0.2) is 0 Å². The predicted octanol–water partition coefficient (Wildman–Crippen LogP) is 3.79. The maximum Gasteiger partial charge on any atom is 0.337 e. The van der Waals surface area contributed by atoms with E-state index in [1.165, 1.54) is 17.8 Å². The maximum absolute atomic E-state index is 11.4. The van der Waals surface area contributed by atoms with Gasteiger partial charge in [0.05, 0.1) is 0 Å². The van der Waals surface area contributed by atoms with Gasteiger partial charge in [-0.25, -0.2) is 4.79 Å². The SMILES string of the molecule is CSc1cc(-c2ccccc2Br)oc(=O)c1. The Balaban J connectivity index is 2.60. The largest absolute Gasteiger partial charge is 0.423 e. The van der Waals surface area contributed by atoms with E-state index in [9.17, 15) is 4.79 Å². The Kier molecular flexibility index (Phi) is 3.51. The number of rotatable bonds is 2. The molecule has 0 aliphatic heterocycles. The van der Waals surface area contributed by atoms with Crippen molar-refractivity contribution < 1.29 is 4.42 Å². The van der Waals surface area contributed by atoms with Crippen molar-refractivity contribution >= 4 is 27.7 Å². The molecule has 0 radical (unpaired) electrons. The van der Waals surface area contributed by atoms with Crippen LogP contribution >= 0.6 is 27.7 Å². The molecule has 0 saturated heterocycles. The van der Waals surface area contributed by atoms with Crippen LogP contribution in [0.15, 0.2) is 55.0 Å². The smallest absolute Gasteiger partial charge is 0.337 e. The van der Waals surface area contributed by atoms with Crippen LogP contribution < -0.4 is 5.63 Å². The minimum absolute atomic E-state index is 0.322. The summed E-state index contributed by atoms with van der Waals surface area (Å²) in [6.07, 6.45) is 1.93. The van der Waals surface area contributed by atoms with Crippen LogP contribution in [0, 0.1) is 0 Å². The highest BCUT2D eigenvalue weighted by Gasteiger charge is 2.07. The Morgan fingerprint density at radius 3 is 2.69 bits per heavy atom. The van der Waals surface area contributed by atoms with Crippen LogP contribution in [0.2, 0.25) is 0 Å². The highest BCUT2D eigenvalue weighted by atomic mass is 79.9. The third kappa shape index (κ3) is 2.39. The standard InChI is InChI=1S/C12H9BrO2S/c1-16-8-6-11(15-12(14)7-8)9-4-2-3-5-10(9)13/h2-7H,1H3. The summed E-state index contributed by atoms with van der Waals surface area (Å²) >= 11 is 4.96. The van der Waals surface area contributed by atoms with Crippen LogP contribution in [0.4, 0.5) is 0 Å². The van der Waals surface area contributed by atoms with E-state index in [4.69, 9.17) is 4.42 Å². The summed E-state index contributed by atoms with van der Waals surface area (Å²) in [5, 5.41) is 0. The number of halogens is 1. The summed E-state index contributed by atoms with van der Waals surface area (Å²) in [6.45, 7) is 0. The van der Waals surface area contributed by atoms with Crippen molar-refractivity contribution in [1.29, 1.82) is 0 Å². The van der Waals surface area contributed by atoms with Crippen molar-refractivity contribution in [2.75, 3.05) is 6.26 Å². The first-order valence-corrected chi connectivity index (χ1v) is 6.66. The summed E-state index contributed by atoms with van der Waals surface area (Å²) < 4.78 is 6.10. The molecule has 1 aromatic carbocycles. The van der Waals surface area contributed by atoms with Crippen LogP contribution in [0.25, 0.3) is 11.3 Å². The molecule has 2 rings (SSSR count). The molecule has 0 N–H and O–H groups in total. The molecule has 82 valence electrons. The second-order valence-corrected chi connectivity index (χ2v) is 4.89. The molecule has 0 spiro atoms. The van der Waals surface area contributed by atoms with E-state index in [1.54, 1.807) is 0 Å². The van der Waals surface area contributed by atoms with Crippen LogP contribution in [-0.4, -0.2) is 6.26 Å². The van der Waals surface area contributed by atoms with Crippen LogP contribution in [0.3, 0.4) is 0 Å². The van der Waals surface area contributed by atoms with Gasteiger partial charge in [0.25, 0.3) is 0 Å². The molecule has 4 heteroatoms. The average molecular weight is 297 g/mol. The molecular weight excluding hydrogens is 288 g/mol. The summed E-state index contributed by atoms with van der Waals surface area (Å²) in [5.41, 5.74) is 0.563. The second-order valence-electron chi connectivity index (χ2n) is 3.16. The van der Waals surface area contributed by atoms with E-state index in [1.807, 2.05) is 36.6 Å². The van der Waals surface area contributed by atoms with Gasteiger partial charge >= 0.3 is 5.63 Å². The summed E-state index contributed by atoms with van der Waals surface area (Å²) in [4.78, 5) is 12.3. The van der Waals surface area contributed by atoms with Crippen molar-refractivity contribution in [3.63, 3.8) is 0 Å². The first-order chi connectivity index (χ1) is 7.70. The Labute approximate surface area is 106 Å². The number of hydrogen-bond acceptors (Lipinski definition) is 3. The minimum Gasteiger partial charge on any atom is -0.423 e. The van der Waals surface area contributed by atoms with Gasteiger partial charge < -0.3 is 4.42 Å². The molecule has 1 aromatic heterocycles. The third-order valence-electron chi connectivity index (χ3n) is 2.12. The van der Waals surface area contributed by atoms with Crippen LogP contribution in [0.5, 0.6) is 0 Å². The summed E-state index contributed by atoms with van der Waals surface area (Å²) in [5.74, 6) is 0.587.